The maximum Gasteiger partial charge on any atom is 0.326 e. The van der Waals surface area contributed by atoms with Gasteiger partial charge in [-0.3, -0.25) is 9.59 Å². The van der Waals surface area contributed by atoms with Crippen LogP contribution in [0, 0.1) is 5.92 Å². The molecular weight excluding hydrogens is 286 g/mol. The number of hydrogen-bond acceptors (Lipinski definition) is 4. The zero-order valence-electron chi connectivity index (χ0n) is 12.1. The highest BCUT2D eigenvalue weighted by Crippen LogP contribution is 2.25. The van der Waals surface area contributed by atoms with Crippen molar-refractivity contribution in [2.24, 2.45) is 5.92 Å². The normalized spacial score (nSPS) is 21.0. The summed E-state index contributed by atoms with van der Waals surface area (Å²) in [5, 5.41) is 21.7. The van der Waals surface area contributed by atoms with Crippen molar-refractivity contribution in [1.29, 1.82) is 0 Å². The van der Waals surface area contributed by atoms with Crippen LogP contribution in [-0.2, 0) is 14.4 Å². The van der Waals surface area contributed by atoms with Gasteiger partial charge in [0.1, 0.15) is 11.8 Å². The second-order valence-electron chi connectivity index (χ2n) is 5.53. The number of aliphatic hydroxyl groups excluding tert-OH is 1. The molecule has 3 atom stereocenters. The lowest BCUT2D eigenvalue weighted by molar-refractivity contribution is -0.146. The number of nitrogens with one attached hydrogen (secondary N) is 1. The van der Waals surface area contributed by atoms with Crippen LogP contribution < -0.4 is 5.32 Å². The Bertz CT molecular complexity index is 557. The second-order valence-corrected chi connectivity index (χ2v) is 5.53. The number of benzene rings is 1. The molecule has 6 heteroatoms. The van der Waals surface area contributed by atoms with Crippen LogP contribution in [0.15, 0.2) is 30.3 Å². The average Bonchev–Trinajstić information content (AvgIpc) is 2.52. The van der Waals surface area contributed by atoms with E-state index in [0.29, 0.717) is 24.8 Å². The van der Waals surface area contributed by atoms with Gasteiger partial charge in [-0.15, -0.1) is 0 Å². The minimum Gasteiger partial charge on any atom is -0.480 e. The first-order valence-corrected chi connectivity index (χ1v) is 7.27. The van der Waals surface area contributed by atoms with Crippen LogP contribution in [0.1, 0.15) is 37.4 Å². The number of hydrogen-bond donors (Lipinski definition) is 3. The number of aliphatic hydroxyl groups is 1. The molecule has 1 aliphatic rings. The lowest BCUT2D eigenvalue weighted by atomic mass is 9.83. The molecule has 0 bridgehead atoms. The number of carboxylic acid groups (broad SMARTS) is 1. The van der Waals surface area contributed by atoms with Gasteiger partial charge in [0.2, 0.25) is 0 Å². The molecule has 1 aromatic rings. The Morgan fingerprint density at radius 3 is 2.50 bits per heavy atom. The Kier molecular flexibility index (Phi) is 5.27. The first-order chi connectivity index (χ1) is 10.5. The highest BCUT2D eigenvalue weighted by atomic mass is 16.4. The molecule has 6 nitrogen and oxygen atoms in total. The van der Waals surface area contributed by atoms with Crippen molar-refractivity contribution < 1.29 is 24.6 Å². The molecule has 1 amide bonds. The van der Waals surface area contributed by atoms with E-state index in [4.69, 9.17) is 0 Å². The van der Waals surface area contributed by atoms with Gasteiger partial charge >= 0.3 is 5.97 Å². The highest BCUT2D eigenvalue weighted by molar-refractivity contribution is 5.88. The van der Waals surface area contributed by atoms with Crippen LogP contribution in [0.3, 0.4) is 0 Å². The van der Waals surface area contributed by atoms with Gasteiger partial charge in [0.05, 0.1) is 0 Å². The van der Waals surface area contributed by atoms with E-state index in [-0.39, 0.29) is 12.2 Å². The molecule has 0 heterocycles. The highest BCUT2D eigenvalue weighted by Gasteiger charge is 2.34. The number of Topliss-reactive ketones (excluding diaryl/α,β-unsaturated/α-hetero) is 1. The standard InChI is InChI=1S/C16H19NO5/c18-12-8-4-7-11(9-12)13(16(21)22)17-15(20)14(19)10-5-2-1-3-6-10/h1-3,5-6,11,13-14,19H,4,7-9H2,(H,17,20)(H,21,22)/t11-,13-,14-/m0/s1. The lowest BCUT2D eigenvalue weighted by Gasteiger charge is -2.28. The third kappa shape index (κ3) is 3.92. The first-order valence-electron chi connectivity index (χ1n) is 7.27. The number of aliphatic carboxylic acids is 1. The van der Waals surface area contributed by atoms with E-state index >= 15 is 0 Å². The smallest absolute Gasteiger partial charge is 0.326 e. The van der Waals surface area contributed by atoms with E-state index < -0.39 is 29.9 Å². The van der Waals surface area contributed by atoms with E-state index in [0.717, 1.165) is 0 Å². The van der Waals surface area contributed by atoms with Crippen LogP contribution in [0.25, 0.3) is 0 Å². The molecule has 3 N–H and O–H groups in total. The van der Waals surface area contributed by atoms with Crippen molar-refractivity contribution in [3.05, 3.63) is 35.9 Å². The van der Waals surface area contributed by atoms with E-state index in [1.165, 1.54) is 0 Å². The number of carbonyl (C=O) groups excluding carboxylic acids is 2. The Morgan fingerprint density at radius 2 is 1.91 bits per heavy atom. The fourth-order valence-corrected chi connectivity index (χ4v) is 2.74. The number of amides is 1. The molecule has 2 rings (SSSR count). The summed E-state index contributed by atoms with van der Waals surface area (Å²) >= 11 is 0. The van der Waals surface area contributed by atoms with E-state index in [9.17, 15) is 24.6 Å². The van der Waals surface area contributed by atoms with Crippen molar-refractivity contribution in [2.45, 2.75) is 37.8 Å². The molecule has 0 unspecified atom stereocenters. The van der Waals surface area contributed by atoms with E-state index in [2.05, 4.69) is 5.32 Å². The zero-order valence-corrected chi connectivity index (χ0v) is 12.1. The monoisotopic (exact) mass is 305 g/mol. The van der Waals surface area contributed by atoms with Gasteiger partial charge in [0.25, 0.3) is 5.91 Å². The van der Waals surface area contributed by atoms with E-state index in [1.807, 2.05) is 0 Å². The Morgan fingerprint density at radius 1 is 1.23 bits per heavy atom. The maximum atomic E-state index is 12.1. The molecular formula is C16H19NO5. The molecule has 22 heavy (non-hydrogen) atoms. The van der Waals surface area contributed by atoms with Crippen LogP contribution in [-0.4, -0.2) is 33.9 Å². The quantitative estimate of drug-likeness (QED) is 0.754. The Hall–Kier alpha value is -2.21. The van der Waals surface area contributed by atoms with Crippen molar-refractivity contribution >= 4 is 17.7 Å². The van der Waals surface area contributed by atoms with Crippen LogP contribution >= 0.6 is 0 Å². The van der Waals surface area contributed by atoms with Gasteiger partial charge in [-0.2, -0.15) is 0 Å². The number of carbonyl (C=O) groups is 3. The van der Waals surface area contributed by atoms with Gasteiger partial charge in [-0.1, -0.05) is 30.3 Å². The summed E-state index contributed by atoms with van der Waals surface area (Å²) in [6, 6.07) is 7.13. The SMILES string of the molecule is O=C1CCC[C@H]([C@H](NC(=O)[C@@H](O)c2ccccc2)C(=O)O)C1. The largest absolute Gasteiger partial charge is 0.480 e. The molecule has 0 spiro atoms. The number of rotatable bonds is 5. The minimum atomic E-state index is -1.43. The fraction of sp³-hybridized carbons (Fsp3) is 0.438. The van der Waals surface area contributed by atoms with Crippen molar-refractivity contribution in [3.63, 3.8) is 0 Å². The van der Waals surface area contributed by atoms with Crippen LogP contribution in [0.5, 0.6) is 0 Å². The molecule has 1 fully saturated rings. The number of ketones is 1. The molecule has 1 saturated carbocycles. The second kappa shape index (κ2) is 7.17. The average molecular weight is 305 g/mol. The summed E-state index contributed by atoms with van der Waals surface area (Å²) in [5.41, 5.74) is 0.392. The van der Waals surface area contributed by atoms with Gasteiger partial charge < -0.3 is 15.5 Å². The third-order valence-corrected chi connectivity index (χ3v) is 3.92. The predicted octanol–water partition coefficient (Wildman–Crippen LogP) is 1.05. The molecule has 0 radical (unpaired) electrons. The molecule has 0 aromatic heterocycles. The predicted molar refractivity (Wildman–Crippen MR) is 77.9 cm³/mol. The summed E-state index contributed by atoms with van der Waals surface area (Å²) in [6.45, 7) is 0. The molecule has 1 aliphatic carbocycles. The summed E-state index contributed by atoms with van der Waals surface area (Å²) in [4.78, 5) is 35.0. The summed E-state index contributed by atoms with van der Waals surface area (Å²) in [5.74, 6) is -2.36. The van der Waals surface area contributed by atoms with Gasteiger partial charge in [-0.25, -0.2) is 4.79 Å². The molecule has 118 valence electrons. The Balaban J connectivity index is 2.06. The summed E-state index contributed by atoms with van der Waals surface area (Å²) in [6.07, 6.45) is 0.388. The fourth-order valence-electron chi connectivity index (χ4n) is 2.74. The van der Waals surface area contributed by atoms with Gasteiger partial charge in [0.15, 0.2) is 6.10 Å². The molecule has 1 aromatic carbocycles. The Labute approximate surface area is 128 Å². The van der Waals surface area contributed by atoms with E-state index in [1.54, 1.807) is 30.3 Å². The number of carboxylic acids is 1. The zero-order chi connectivity index (χ0) is 16.1. The summed E-state index contributed by atoms with van der Waals surface area (Å²) < 4.78 is 0. The lowest BCUT2D eigenvalue weighted by Crippen LogP contribution is -2.48. The van der Waals surface area contributed by atoms with Crippen LogP contribution in [0.4, 0.5) is 0 Å². The maximum absolute atomic E-state index is 12.1. The van der Waals surface area contributed by atoms with Crippen molar-refractivity contribution in [2.75, 3.05) is 0 Å². The van der Waals surface area contributed by atoms with Crippen molar-refractivity contribution in [3.8, 4) is 0 Å². The first kappa shape index (κ1) is 16.2. The molecule has 0 aliphatic heterocycles. The topological polar surface area (TPSA) is 104 Å². The summed E-state index contributed by atoms with van der Waals surface area (Å²) in [7, 11) is 0. The third-order valence-electron chi connectivity index (χ3n) is 3.92. The van der Waals surface area contributed by atoms with Crippen molar-refractivity contribution in [1.82, 2.24) is 5.32 Å². The van der Waals surface area contributed by atoms with Crippen LogP contribution in [0.2, 0.25) is 0 Å². The minimum absolute atomic E-state index is 0.0142. The molecule has 0 saturated heterocycles. The van der Waals surface area contributed by atoms with Gasteiger partial charge in [0, 0.05) is 12.8 Å². The van der Waals surface area contributed by atoms with Gasteiger partial charge in [-0.05, 0) is 24.3 Å².